The minimum atomic E-state index is -0.944. The second-order valence-corrected chi connectivity index (χ2v) is 9.10. The third kappa shape index (κ3) is 4.09. The van der Waals surface area contributed by atoms with Crippen LogP contribution in [-0.2, 0) is 0 Å². The Bertz CT molecular complexity index is 1430. The number of aromatic carboxylic acids is 1. The number of pyridine rings is 1. The van der Waals surface area contributed by atoms with Crippen molar-refractivity contribution in [1.82, 2.24) is 14.9 Å². The monoisotopic (exact) mass is 498 g/mol. The third-order valence-electron chi connectivity index (χ3n) is 6.59. The molecule has 0 unspecified atom stereocenters. The van der Waals surface area contributed by atoms with E-state index in [1.54, 1.807) is 25.4 Å². The molecule has 1 aliphatic rings. The van der Waals surface area contributed by atoms with Gasteiger partial charge in [0.2, 0.25) is 0 Å². The number of nitrogens with one attached hydrogen (secondary N) is 1. The van der Waals surface area contributed by atoms with Gasteiger partial charge in [0.25, 0.3) is 0 Å². The van der Waals surface area contributed by atoms with Crippen LogP contribution in [0.1, 0.15) is 45.1 Å². The number of benzene rings is 2. The number of methoxy groups -OCH3 is 1. The number of hydrogen-bond donors (Lipinski definition) is 2. The van der Waals surface area contributed by atoms with Crippen LogP contribution in [0.15, 0.2) is 79.0 Å². The Kier molecular flexibility index (Phi) is 6.20. The van der Waals surface area contributed by atoms with Gasteiger partial charge in [-0.2, -0.15) is 0 Å². The van der Waals surface area contributed by atoms with Crippen molar-refractivity contribution < 1.29 is 14.6 Å². The molecule has 0 amide bonds. The molecule has 1 fully saturated rings. The van der Waals surface area contributed by atoms with E-state index in [0.29, 0.717) is 5.11 Å². The maximum absolute atomic E-state index is 11.3. The Morgan fingerprint density at radius 3 is 2.47 bits per heavy atom. The molecule has 2 N–H and O–H groups in total. The molecule has 36 heavy (non-hydrogen) atoms. The molecule has 0 saturated carbocycles. The minimum absolute atomic E-state index is 0.169. The van der Waals surface area contributed by atoms with E-state index >= 15 is 0 Å². The van der Waals surface area contributed by atoms with Crippen LogP contribution in [0.2, 0.25) is 0 Å². The summed E-state index contributed by atoms with van der Waals surface area (Å²) >= 11 is 5.86. The fraction of sp³-hybridized carbons (Fsp3) is 0.179. The molecule has 0 spiro atoms. The van der Waals surface area contributed by atoms with Crippen LogP contribution in [0.3, 0.4) is 0 Å². The average Bonchev–Trinajstić information content (AvgIpc) is 3.39. The summed E-state index contributed by atoms with van der Waals surface area (Å²) in [5, 5.41) is 13.4. The number of nitrogens with zero attached hydrogens (tertiary/aromatic N) is 3. The second-order valence-electron chi connectivity index (χ2n) is 8.71. The standard InChI is InChI=1S/C28H26N4O3S/c1-17-15-23(18(2)31(17)20-12-10-19(11-13-20)27(33)34)26-25(24-9-4-5-14-29-24)30-28(36)32(26)21-7-6-8-22(16-21)35-3/h4-16,25-26H,1-3H3,(H,30,36)(H,33,34)/t25-,26+/m1/s1. The SMILES string of the molecule is COc1cccc(N2C(=S)N[C@H](c3ccccn3)[C@@H]2c2cc(C)n(-c3ccc(C(=O)O)cc3)c2C)c1. The lowest BCUT2D eigenvalue weighted by Gasteiger charge is -2.28. The summed E-state index contributed by atoms with van der Waals surface area (Å²) in [5.74, 6) is -0.194. The van der Waals surface area contributed by atoms with E-state index in [-0.39, 0.29) is 17.6 Å². The first-order valence-electron chi connectivity index (χ1n) is 11.6. The van der Waals surface area contributed by atoms with E-state index in [1.165, 1.54) is 0 Å². The van der Waals surface area contributed by atoms with Gasteiger partial charge in [0.05, 0.1) is 30.5 Å². The molecule has 0 aliphatic carbocycles. The quantitative estimate of drug-likeness (QED) is 0.346. The molecule has 1 saturated heterocycles. The Labute approximate surface area is 215 Å². The second kappa shape index (κ2) is 9.47. The number of thiocarbonyl (C=S) groups is 1. The van der Waals surface area contributed by atoms with Crippen LogP contribution < -0.4 is 15.0 Å². The molecule has 1 aliphatic heterocycles. The summed E-state index contributed by atoms with van der Waals surface area (Å²) in [5.41, 5.74) is 6.15. The van der Waals surface area contributed by atoms with E-state index in [2.05, 4.69) is 32.8 Å². The van der Waals surface area contributed by atoms with Gasteiger partial charge in [0.1, 0.15) is 5.75 Å². The van der Waals surface area contributed by atoms with Gasteiger partial charge in [0, 0.05) is 35.0 Å². The van der Waals surface area contributed by atoms with Crippen molar-refractivity contribution in [1.29, 1.82) is 0 Å². The highest BCUT2D eigenvalue weighted by Crippen LogP contribution is 2.44. The maximum atomic E-state index is 11.3. The third-order valence-corrected chi connectivity index (χ3v) is 6.91. The summed E-state index contributed by atoms with van der Waals surface area (Å²) in [6, 6.07) is 22.5. The van der Waals surface area contributed by atoms with E-state index in [0.717, 1.165) is 39.8 Å². The summed E-state index contributed by atoms with van der Waals surface area (Å²) in [4.78, 5) is 18.1. The number of carbonyl (C=O) groups is 1. The number of aryl methyl sites for hydroxylation is 1. The number of hydrogen-bond acceptors (Lipinski definition) is 4. The van der Waals surface area contributed by atoms with E-state index in [4.69, 9.17) is 17.0 Å². The largest absolute Gasteiger partial charge is 0.497 e. The van der Waals surface area contributed by atoms with Crippen molar-refractivity contribution in [3.8, 4) is 11.4 Å². The average molecular weight is 499 g/mol. The van der Waals surface area contributed by atoms with Crippen LogP contribution in [0.5, 0.6) is 5.75 Å². The van der Waals surface area contributed by atoms with Gasteiger partial charge in [-0.3, -0.25) is 4.98 Å². The van der Waals surface area contributed by atoms with Crippen molar-refractivity contribution in [2.45, 2.75) is 25.9 Å². The first-order chi connectivity index (χ1) is 17.4. The molecule has 5 rings (SSSR count). The van der Waals surface area contributed by atoms with Gasteiger partial charge in [-0.1, -0.05) is 12.1 Å². The zero-order valence-corrected chi connectivity index (χ0v) is 21.0. The van der Waals surface area contributed by atoms with Crippen LogP contribution in [0.4, 0.5) is 5.69 Å². The highest BCUT2D eigenvalue weighted by molar-refractivity contribution is 7.80. The van der Waals surface area contributed by atoms with Crippen LogP contribution in [0.25, 0.3) is 5.69 Å². The predicted molar refractivity (Wildman–Crippen MR) is 143 cm³/mol. The number of carboxylic acid groups (broad SMARTS) is 1. The number of carboxylic acids is 1. The molecule has 2 aromatic carbocycles. The zero-order valence-electron chi connectivity index (χ0n) is 20.2. The van der Waals surface area contributed by atoms with Crippen molar-refractivity contribution in [2.75, 3.05) is 12.0 Å². The maximum Gasteiger partial charge on any atom is 0.335 e. The Hall–Kier alpha value is -4.17. The Balaban J connectivity index is 1.65. The lowest BCUT2D eigenvalue weighted by Crippen LogP contribution is -2.29. The zero-order chi connectivity index (χ0) is 25.4. The number of ether oxygens (including phenoxy) is 1. The Morgan fingerprint density at radius 2 is 1.81 bits per heavy atom. The topological polar surface area (TPSA) is 79.6 Å². The lowest BCUT2D eigenvalue weighted by molar-refractivity contribution is 0.0697. The number of anilines is 1. The molecule has 4 aromatic rings. The van der Waals surface area contributed by atoms with Crippen molar-refractivity contribution in [2.24, 2.45) is 0 Å². The van der Waals surface area contributed by atoms with Crippen LogP contribution in [-0.4, -0.2) is 32.8 Å². The molecule has 3 heterocycles. The van der Waals surface area contributed by atoms with Crippen molar-refractivity contribution in [3.05, 3.63) is 107 Å². The predicted octanol–water partition coefficient (Wildman–Crippen LogP) is 5.37. The first kappa shape index (κ1) is 23.6. The molecule has 2 atom stereocenters. The number of aromatic nitrogens is 2. The molecule has 8 heteroatoms. The molecular formula is C28H26N4O3S. The fourth-order valence-electron chi connectivity index (χ4n) is 4.95. The smallest absolute Gasteiger partial charge is 0.335 e. The summed E-state index contributed by atoms with van der Waals surface area (Å²) in [7, 11) is 1.65. The summed E-state index contributed by atoms with van der Waals surface area (Å²) < 4.78 is 7.63. The van der Waals surface area contributed by atoms with Gasteiger partial charge in [0.15, 0.2) is 5.11 Å². The molecular weight excluding hydrogens is 472 g/mol. The van der Waals surface area contributed by atoms with Gasteiger partial charge >= 0.3 is 5.97 Å². The van der Waals surface area contributed by atoms with Gasteiger partial charge in [-0.25, -0.2) is 4.79 Å². The summed E-state index contributed by atoms with van der Waals surface area (Å²) in [6.45, 7) is 4.13. The first-order valence-corrected chi connectivity index (χ1v) is 12.0. The molecule has 182 valence electrons. The summed E-state index contributed by atoms with van der Waals surface area (Å²) in [6.07, 6.45) is 1.79. The van der Waals surface area contributed by atoms with Crippen molar-refractivity contribution >= 4 is 29.0 Å². The highest BCUT2D eigenvalue weighted by atomic mass is 32.1. The Morgan fingerprint density at radius 1 is 1.03 bits per heavy atom. The van der Waals surface area contributed by atoms with E-state index in [1.807, 2.05) is 61.5 Å². The van der Waals surface area contributed by atoms with E-state index in [9.17, 15) is 9.90 Å². The van der Waals surface area contributed by atoms with Crippen LogP contribution in [0, 0.1) is 13.8 Å². The van der Waals surface area contributed by atoms with Gasteiger partial charge in [-0.15, -0.1) is 0 Å². The van der Waals surface area contributed by atoms with E-state index < -0.39 is 5.97 Å². The lowest BCUT2D eigenvalue weighted by atomic mass is 9.96. The van der Waals surface area contributed by atoms with Crippen LogP contribution >= 0.6 is 12.2 Å². The highest BCUT2D eigenvalue weighted by Gasteiger charge is 2.42. The molecule has 0 bridgehead atoms. The molecule has 2 aromatic heterocycles. The number of rotatable bonds is 6. The minimum Gasteiger partial charge on any atom is -0.497 e. The normalized spacial score (nSPS) is 17.2. The fourth-order valence-corrected chi connectivity index (χ4v) is 5.29. The molecule has 0 radical (unpaired) electrons. The van der Waals surface area contributed by atoms with Crippen molar-refractivity contribution in [3.63, 3.8) is 0 Å². The van der Waals surface area contributed by atoms with Gasteiger partial charge in [-0.05, 0) is 86.2 Å². The van der Waals surface area contributed by atoms with Gasteiger partial charge < -0.3 is 24.6 Å². The molecule has 7 nitrogen and oxygen atoms in total.